The minimum absolute atomic E-state index is 0.145. The summed E-state index contributed by atoms with van der Waals surface area (Å²) in [5.41, 5.74) is -0.402. The van der Waals surface area contributed by atoms with Crippen molar-refractivity contribution < 1.29 is 35.9 Å². The highest BCUT2D eigenvalue weighted by Crippen LogP contribution is 2.36. The van der Waals surface area contributed by atoms with Crippen molar-refractivity contribution >= 4 is 21.8 Å². The number of hydrogen-bond donors (Lipinski definition) is 0. The molecule has 1 fully saturated rings. The summed E-state index contributed by atoms with van der Waals surface area (Å²) in [5.74, 6) is 0. The summed E-state index contributed by atoms with van der Waals surface area (Å²) in [4.78, 5) is 14.0. The van der Waals surface area contributed by atoms with Gasteiger partial charge in [-0.25, -0.2) is 4.79 Å². The van der Waals surface area contributed by atoms with Gasteiger partial charge >= 0.3 is 18.4 Å². The molecule has 12 heteroatoms. The van der Waals surface area contributed by atoms with Crippen LogP contribution in [0.3, 0.4) is 0 Å². The van der Waals surface area contributed by atoms with Crippen molar-refractivity contribution in [1.29, 1.82) is 0 Å². The molecule has 134 valence electrons. The molecule has 1 amide bonds. The van der Waals surface area contributed by atoms with E-state index in [1.165, 1.54) is 0 Å². The first-order valence-electron chi connectivity index (χ1n) is 6.91. The number of amides is 1. The Morgan fingerprint density at radius 3 is 1.83 bits per heavy atom. The Bertz CT molecular complexity index is 462. The number of ether oxygens (including phenoxy) is 1. The average molecular weight is 356 g/mol. The van der Waals surface area contributed by atoms with Gasteiger partial charge in [0, 0.05) is 25.2 Å². The summed E-state index contributed by atoms with van der Waals surface area (Å²) in [6.07, 6.45) is -17.7. The molecule has 4 radical (unpaired) electrons. The van der Waals surface area contributed by atoms with E-state index in [0.29, 0.717) is 4.90 Å². The summed E-state index contributed by atoms with van der Waals surface area (Å²) >= 11 is 0. The topological polar surface area (TPSA) is 32.8 Å². The van der Waals surface area contributed by atoms with Crippen molar-refractivity contribution in [2.45, 2.75) is 50.1 Å². The molecule has 0 aliphatic carbocycles. The van der Waals surface area contributed by atoms with Crippen LogP contribution < -0.4 is 0 Å². The largest absolute Gasteiger partial charge is 0.434 e. The van der Waals surface area contributed by atoms with Crippen molar-refractivity contribution in [3.8, 4) is 0 Å². The predicted octanol–water partition coefficient (Wildman–Crippen LogP) is 2.02. The molecule has 0 bridgehead atoms. The van der Waals surface area contributed by atoms with Gasteiger partial charge in [-0.3, -0.25) is 4.90 Å². The molecule has 0 aromatic rings. The van der Waals surface area contributed by atoms with Crippen LogP contribution in [-0.2, 0) is 4.74 Å². The number of rotatable bonds is 1. The Labute approximate surface area is 138 Å². The first kappa shape index (κ1) is 21.0. The fraction of sp³-hybridized carbons (Fsp3) is 0.917. The van der Waals surface area contributed by atoms with Gasteiger partial charge in [-0.1, -0.05) is 0 Å². The molecule has 1 aliphatic heterocycles. The van der Waals surface area contributed by atoms with Crippen LogP contribution in [0.2, 0.25) is 0 Å². The lowest BCUT2D eigenvalue weighted by Gasteiger charge is -2.51. The normalized spacial score (nSPS) is 20.3. The van der Waals surface area contributed by atoms with Crippen molar-refractivity contribution in [1.82, 2.24) is 9.80 Å². The SMILES string of the molecule is [B]C1([B])CN(C(C)(C)C)CCN1C(=O)OC(C(F)(F)F)C(F)(F)F. The lowest BCUT2D eigenvalue weighted by atomic mass is 9.59. The molecule has 1 heterocycles. The molecule has 0 saturated carbocycles. The Morgan fingerprint density at radius 1 is 1.04 bits per heavy atom. The molecule has 0 aromatic heterocycles. The summed E-state index contributed by atoms with van der Waals surface area (Å²) in [5, 5.41) is -1.97. The number of carbonyl (C=O) groups is 1. The lowest BCUT2D eigenvalue weighted by molar-refractivity contribution is -0.308. The minimum atomic E-state index is -5.80. The first-order chi connectivity index (χ1) is 10.5. The Kier molecular flexibility index (Phi) is 5.55. The molecule has 1 aliphatic rings. The van der Waals surface area contributed by atoms with E-state index >= 15 is 0 Å². The third kappa shape index (κ3) is 4.97. The zero-order valence-electron chi connectivity index (χ0n) is 13.3. The predicted molar refractivity (Wildman–Crippen MR) is 74.7 cm³/mol. The summed E-state index contributed by atoms with van der Waals surface area (Å²) < 4.78 is 78.4. The van der Waals surface area contributed by atoms with Gasteiger partial charge in [-0.05, 0) is 26.1 Å². The van der Waals surface area contributed by atoms with Crippen LogP contribution >= 0.6 is 0 Å². The summed E-state index contributed by atoms with van der Waals surface area (Å²) in [6.45, 7) is 5.21. The number of piperazine rings is 1. The zero-order chi connectivity index (χ0) is 19.1. The Hall–Kier alpha value is -1.06. The van der Waals surface area contributed by atoms with Gasteiger partial charge in [0.25, 0.3) is 6.10 Å². The molecular formula is C12H16B2F6N2O2. The van der Waals surface area contributed by atoms with Gasteiger partial charge in [0.1, 0.15) is 0 Å². The molecule has 0 spiro atoms. The minimum Gasteiger partial charge on any atom is -0.426 e. The highest BCUT2D eigenvalue weighted by atomic mass is 19.4. The van der Waals surface area contributed by atoms with Crippen LogP contribution in [-0.4, -0.2) is 80.6 Å². The smallest absolute Gasteiger partial charge is 0.426 e. The van der Waals surface area contributed by atoms with E-state index in [0.717, 1.165) is 0 Å². The van der Waals surface area contributed by atoms with E-state index < -0.39 is 35.4 Å². The number of nitrogens with zero attached hydrogens (tertiary/aromatic N) is 2. The second-order valence-corrected chi connectivity index (χ2v) is 6.58. The maximum absolute atomic E-state index is 12.5. The monoisotopic (exact) mass is 356 g/mol. The molecule has 4 nitrogen and oxygen atoms in total. The average Bonchev–Trinajstić information content (AvgIpc) is 2.30. The van der Waals surface area contributed by atoms with E-state index in [-0.39, 0.29) is 19.6 Å². The van der Waals surface area contributed by atoms with E-state index in [1.54, 1.807) is 4.90 Å². The number of halogens is 6. The zero-order valence-corrected chi connectivity index (χ0v) is 13.3. The molecule has 1 saturated heterocycles. The van der Waals surface area contributed by atoms with Crippen LogP contribution in [0.5, 0.6) is 0 Å². The van der Waals surface area contributed by atoms with Crippen molar-refractivity contribution in [2.75, 3.05) is 19.6 Å². The van der Waals surface area contributed by atoms with Crippen LogP contribution in [0.25, 0.3) is 0 Å². The van der Waals surface area contributed by atoms with Crippen LogP contribution in [0.4, 0.5) is 31.1 Å². The van der Waals surface area contributed by atoms with Gasteiger partial charge in [0.2, 0.25) is 0 Å². The van der Waals surface area contributed by atoms with E-state index in [9.17, 15) is 31.1 Å². The number of carbonyl (C=O) groups excluding carboxylic acids is 1. The molecule has 0 aromatic carbocycles. The second-order valence-electron chi connectivity index (χ2n) is 6.58. The van der Waals surface area contributed by atoms with Crippen molar-refractivity contribution in [3.63, 3.8) is 0 Å². The molecule has 0 N–H and O–H groups in total. The molecule has 0 unspecified atom stereocenters. The summed E-state index contributed by atoms with van der Waals surface area (Å²) in [6, 6.07) is 0. The molecule has 1 rings (SSSR count). The fourth-order valence-electron chi connectivity index (χ4n) is 2.22. The van der Waals surface area contributed by atoms with E-state index in [2.05, 4.69) is 4.74 Å². The van der Waals surface area contributed by atoms with Gasteiger partial charge in [0.15, 0.2) is 0 Å². The van der Waals surface area contributed by atoms with Crippen LogP contribution in [0.1, 0.15) is 20.8 Å². The van der Waals surface area contributed by atoms with Gasteiger partial charge in [0.05, 0.1) is 15.7 Å². The third-order valence-electron chi connectivity index (χ3n) is 3.52. The van der Waals surface area contributed by atoms with Gasteiger partial charge in [-0.2, -0.15) is 26.3 Å². The van der Waals surface area contributed by atoms with Crippen LogP contribution in [0, 0.1) is 0 Å². The van der Waals surface area contributed by atoms with Crippen molar-refractivity contribution in [3.05, 3.63) is 0 Å². The Morgan fingerprint density at radius 2 is 1.50 bits per heavy atom. The maximum atomic E-state index is 12.5. The standard InChI is InChI=1S/C12H16B2F6N2O2/c1-9(2,3)21-4-5-22(10(13,14)6-21)8(23)24-7(11(15,16)17)12(18,19)20/h7H,4-6H2,1-3H3. The maximum Gasteiger partial charge on any atom is 0.434 e. The fourth-order valence-corrected chi connectivity index (χ4v) is 2.22. The van der Waals surface area contributed by atoms with E-state index in [4.69, 9.17) is 15.7 Å². The Balaban J connectivity index is 2.92. The quantitative estimate of drug-likeness (QED) is 0.533. The number of alkyl halides is 6. The van der Waals surface area contributed by atoms with Crippen molar-refractivity contribution in [2.24, 2.45) is 0 Å². The highest BCUT2D eigenvalue weighted by molar-refractivity contribution is 6.41. The van der Waals surface area contributed by atoms with Gasteiger partial charge < -0.3 is 9.64 Å². The number of hydrogen-bond acceptors (Lipinski definition) is 3. The molecule has 24 heavy (non-hydrogen) atoms. The molecular weight excluding hydrogens is 340 g/mol. The third-order valence-corrected chi connectivity index (χ3v) is 3.52. The second kappa shape index (κ2) is 6.34. The highest BCUT2D eigenvalue weighted by Gasteiger charge is 2.60. The van der Waals surface area contributed by atoms with E-state index in [1.807, 2.05) is 20.8 Å². The molecule has 0 atom stereocenters. The van der Waals surface area contributed by atoms with Crippen LogP contribution in [0.15, 0.2) is 0 Å². The lowest BCUT2D eigenvalue weighted by Crippen LogP contribution is -2.68. The summed E-state index contributed by atoms with van der Waals surface area (Å²) in [7, 11) is 11.4. The first-order valence-corrected chi connectivity index (χ1v) is 6.91. The van der Waals surface area contributed by atoms with Gasteiger partial charge in [-0.15, -0.1) is 0 Å².